The van der Waals surface area contributed by atoms with Gasteiger partial charge in [-0.15, -0.1) is 0 Å². The molecular formula is C11H12N2O3. The molecule has 0 saturated heterocycles. The molecule has 0 radical (unpaired) electrons. The maximum Gasteiger partial charge on any atom is 0.339 e. The highest BCUT2D eigenvalue weighted by molar-refractivity contribution is 5.91. The van der Waals surface area contributed by atoms with Gasteiger partial charge >= 0.3 is 5.97 Å². The molecule has 0 amide bonds. The summed E-state index contributed by atoms with van der Waals surface area (Å²) >= 11 is 0. The van der Waals surface area contributed by atoms with Gasteiger partial charge in [-0.1, -0.05) is 0 Å². The van der Waals surface area contributed by atoms with Crippen LogP contribution in [0.15, 0.2) is 18.2 Å². The van der Waals surface area contributed by atoms with Gasteiger partial charge in [-0.25, -0.2) is 4.79 Å². The topological polar surface area (TPSA) is 85.3 Å². The highest BCUT2D eigenvalue weighted by Gasteiger charge is 2.09. The Bertz CT molecular complexity index is 424. The Labute approximate surface area is 93.4 Å². The Balaban J connectivity index is 2.87. The summed E-state index contributed by atoms with van der Waals surface area (Å²) < 4.78 is 9.88. The molecule has 16 heavy (non-hydrogen) atoms. The van der Waals surface area contributed by atoms with Crippen LogP contribution in [-0.4, -0.2) is 19.2 Å². The first kappa shape index (κ1) is 11.9. The van der Waals surface area contributed by atoms with E-state index in [-0.39, 0.29) is 12.2 Å². The summed E-state index contributed by atoms with van der Waals surface area (Å²) in [7, 11) is 0. The summed E-state index contributed by atoms with van der Waals surface area (Å²) in [6.07, 6.45) is 0. The minimum Gasteiger partial charge on any atom is -0.494 e. The lowest BCUT2D eigenvalue weighted by molar-refractivity contribution is 0.0554. The van der Waals surface area contributed by atoms with Crippen molar-refractivity contribution in [2.24, 2.45) is 0 Å². The molecule has 0 unspecified atom stereocenters. The van der Waals surface area contributed by atoms with E-state index >= 15 is 0 Å². The summed E-state index contributed by atoms with van der Waals surface area (Å²) in [5.41, 5.74) is 6.29. The summed E-state index contributed by atoms with van der Waals surface area (Å²) in [5.74, 6) is -0.0822. The lowest BCUT2D eigenvalue weighted by Crippen LogP contribution is -2.06. The number of rotatable bonds is 4. The monoisotopic (exact) mass is 220 g/mol. The van der Waals surface area contributed by atoms with Crippen molar-refractivity contribution >= 4 is 11.7 Å². The molecule has 0 aliphatic heterocycles. The number of nitriles is 1. The normalized spacial score (nSPS) is 9.25. The molecule has 0 aliphatic carbocycles. The van der Waals surface area contributed by atoms with Crippen molar-refractivity contribution in [1.29, 1.82) is 5.26 Å². The maximum absolute atomic E-state index is 11.4. The molecule has 84 valence electrons. The van der Waals surface area contributed by atoms with Crippen LogP contribution in [0, 0.1) is 11.3 Å². The Kier molecular flexibility index (Phi) is 4.16. The SMILES string of the molecule is CCOc1cc(N)cc(C(=O)OCC#N)c1. The Morgan fingerprint density at radius 3 is 2.88 bits per heavy atom. The molecule has 0 aliphatic rings. The van der Waals surface area contributed by atoms with Crippen LogP contribution in [0.3, 0.4) is 0 Å². The Hall–Kier alpha value is -2.22. The fourth-order valence-corrected chi connectivity index (χ4v) is 1.17. The van der Waals surface area contributed by atoms with Crippen molar-refractivity contribution in [3.63, 3.8) is 0 Å². The number of hydrogen-bond acceptors (Lipinski definition) is 5. The number of hydrogen-bond donors (Lipinski definition) is 1. The number of ether oxygens (including phenoxy) is 2. The van der Waals surface area contributed by atoms with Gasteiger partial charge in [0, 0.05) is 11.8 Å². The highest BCUT2D eigenvalue weighted by atomic mass is 16.5. The van der Waals surface area contributed by atoms with E-state index in [1.54, 1.807) is 12.1 Å². The van der Waals surface area contributed by atoms with Crippen molar-refractivity contribution in [1.82, 2.24) is 0 Å². The van der Waals surface area contributed by atoms with Crippen LogP contribution in [0.5, 0.6) is 5.75 Å². The largest absolute Gasteiger partial charge is 0.494 e. The van der Waals surface area contributed by atoms with E-state index in [4.69, 9.17) is 15.7 Å². The number of nitrogens with zero attached hydrogens (tertiary/aromatic N) is 1. The average molecular weight is 220 g/mol. The number of esters is 1. The van der Waals surface area contributed by atoms with Crippen LogP contribution in [0.4, 0.5) is 5.69 Å². The van der Waals surface area contributed by atoms with Gasteiger partial charge in [0.1, 0.15) is 11.8 Å². The van der Waals surface area contributed by atoms with Crippen molar-refractivity contribution < 1.29 is 14.3 Å². The Morgan fingerprint density at radius 1 is 1.50 bits per heavy atom. The van der Waals surface area contributed by atoms with Crippen LogP contribution >= 0.6 is 0 Å². The summed E-state index contributed by atoms with van der Waals surface area (Å²) in [6.45, 7) is 2.03. The number of benzene rings is 1. The van der Waals surface area contributed by atoms with E-state index in [0.29, 0.717) is 18.0 Å². The predicted molar refractivity (Wildman–Crippen MR) is 57.9 cm³/mol. The molecule has 0 saturated carbocycles. The first-order chi connectivity index (χ1) is 7.67. The van der Waals surface area contributed by atoms with Crippen LogP contribution < -0.4 is 10.5 Å². The van der Waals surface area contributed by atoms with Gasteiger partial charge in [0.2, 0.25) is 0 Å². The zero-order chi connectivity index (χ0) is 12.0. The molecule has 5 nitrogen and oxygen atoms in total. The van der Waals surface area contributed by atoms with E-state index in [9.17, 15) is 4.79 Å². The molecule has 5 heteroatoms. The second-order valence-corrected chi connectivity index (χ2v) is 2.96. The second kappa shape index (κ2) is 5.61. The van der Waals surface area contributed by atoms with Gasteiger partial charge in [0.05, 0.1) is 12.2 Å². The third-order valence-electron chi connectivity index (χ3n) is 1.74. The van der Waals surface area contributed by atoms with E-state index in [1.807, 2.05) is 6.92 Å². The number of carbonyl (C=O) groups is 1. The fourth-order valence-electron chi connectivity index (χ4n) is 1.17. The fraction of sp³-hybridized carbons (Fsp3) is 0.273. The quantitative estimate of drug-likeness (QED) is 0.611. The number of nitrogens with two attached hydrogens (primary N) is 1. The van der Waals surface area contributed by atoms with Gasteiger partial charge in [-0.3, -0.25) is 0 Å². The van der Waals surface area contributed by atoms with E-state index in [2.05, 4.69) is 4.74 Å². The number of carbonyl (C=O) groups excluding carboxylic acids is 1. The average Bonchev–Trinajstić information content (AvgIpc) is 2.25. The second-order valence-electron chi connectivity index (χ2n) is 2.96. The molecule has 0 fully saturated rings. The molecule has 0 atom stereocenters. The van der Waals surface area contributed by atoms with Gasteiger partial charge in [-0.05, 0) is 19.1 Å². The van der Waals surface area contributed by atoms with E-state index in [1.165, 1.54) is 12.1 Å². The van der Waals surface area contributed by atoms with Crippen molar-refractivity contribution in [2.45, 2.75) is 6.92 Å². The van der Waals surface area contributed by atoms with Crippen molar-refractivity contribution in [2.75, 3.05) is 18.9 Å². The van der Waals surface area contributed by atoms with Crippen molar-refractivity contribution in [3.8, 4) is 11.8 Å². The van der Waals surface area contributed by atoms with Gasteiger partial charge in [-0.2, -0.15) is 5.26 Å². The van der Waals surface area contributed by atoms with Gasteiger partial charge in [0.15, 0.2) is 6.61 Å². The molecule has 1 rings (SSSR count). The molecule has 0 spiro atoms. The smallest absolute Gasteiger partial charge is 0.339 e. The minimum atomic E-state index is -0.588. The standard InChI is InChI=1S/C11H12N2O3/c1-2-15-10-6-8(5-9(13)7-10)11(14)16-4-3-12/h5-7H,2,4,13H2,1H3. The highest BCUT2D eigenvalue weighted by Crippen LogP contribution is 2.19. The first-order valence-corrected chi connectivity index (χ1v) is 4.74. The molecule has 0 bridgehead atoms. The first-order valence-electron chi connectivity index (χ1n) is 4.74. The number of nitrogen functional groups attached to an aromatic ring is 1. The van der Waals surface area contributed by atoms with E-state index in [0.717, 1.165) is 0 Å². The van der Waals surface area contributed by atoms with Crippen LogP contribution in [-0.2, 0) is 4.74 Å². The van der Waals surface area contributed by atoms with Gasteiger partial charge < -0.3 is 15.2 Å². The van der Waals surface area contributed by atoms with Crippen LogP contribution in [0.2, 0.25) is 0 Å². The number of anilines is 1. The third kappa shape index (κ3) is 3.17. The molecule has 1 aromatic carbocycles. The molecule has 2 N–H and O–H groups in total. The summed E-state index contributed by atoms with van der Waals surface area (Å²) in [4.78, 5) is 11.4. The molecular weight excluding hydrogens is 208 g/mol. The van der Waals surface area contributed by atoms with E-state index < -0.39 is 5.97 Å². The summed E-state index contributed by atoms with van der Waals surface area (Å²) in [5, 5.41) is 8.28. The lowest BCUT2D eigenvalue weighted by Gasteiger charge is -2.07. The van der Waals surface area contributed by atoms with Gasteiger partial charge in [0.25, 0.3) is 0 Å². The predicted octanol–water partition coefficient (Wildman–Crippen LogP) is 1.35. The maximum atomic E-state index is 11.4. The third-order valence-corrected chi connectivity index (χ3v) is 1.74. The van der Waals surface area contributed by atoms with Crippen molar-refractivity contribution in [3.05, 3.63) is 23.8 Å². The Morgan fingerprint density at radius 2 is 2.25 bits per heavy atom. The lowest BCUT2D eigenvalue weighted by atomic mass is 10.2. The zero-order valence-electron chi connectivity index (χ0n) is 8.90. The summed E-state index contributed by atoms with van der Waals surface area (Å²) in [6, 6.07) is 6.33. The van der Waals surface area contributed by atoms with Crippen LogP contribution in [0.25, 0.3) is 0 Å². The molecule has 0 aromatic heterocycles. The minimum absolute atomic E-state index is 0.277. The molecule has 0 heterocycles. The molecule has 1 aromatic rings. The van der Waals surface area contributed by atoms with Crippen LogP contribution in [0.1, 0.15) is 17.3 Å². The zero-order valence-corrected chi connectivity index (χ0v) is 8.90.